The van der Waals surface area contributed by atoms with Gasteiger partial charge in [0, 0.05) is 28.6 Å². The van der Waals surface area contributed by atoms with Gasteiger partial charge in [-0.2, -0.15) is 0 Å². The van der Waals surface area contributed by atoms with Gasteiger partial charge < -0.3 is 15.0 Å². The van der Waals surface area contributed by atoms with E-state index in [9.17, 15) is 13.2 Å². The fourth-order valence-corrected chi connectivity index (χ4v) is 5.46. The Bertz CT molecular complexity index is 1180. The monoisotopic (exact) mass is 507 g/mol. The Morgan fingerprint density at radius 2 is 1.88 bits per heavy atom. The van der Waals surface area contributed by atoms with Crippen LogP contribution in [-0.4, -0.2) is 47.0 Å². The first-order valence-corrected chi connectivity index (χ1v) is 12.9. The first kappa shape index (κ1) is 25.2. The Labute approximate surface area is 203 Å². The summed E-state index contributed by atoms with van der Waals surface area (Å²) in [5, 5.41) is 5.46. The number of nitrogens with one attached hydrogen (secondary N) is 2. The molecule has 2 aromatic carbocycles. The molecule has 2 N–H and O–H groups in total. The molecule has 1 aromatic heterocycles. The standard InChI is InChI=1S/C23H26ClN3O4S2/c1-27(2)19(21-5-4-12-32-21)15-25-23(28)17-8-11-20(31-3)22(13-17)33(29,30)26-14-16-6-9-18(24)10-7-16/h4-13,19,26H,14-15H2,1-3H3,(H,25,28)/t19-/m0/s1. The van der Waals surface area contributed by atoms with Crippen molar-refractivity contribution in [1.29, 1.82) is 0 Å². The molecule has 7 nitrogen and oxygen atoms in total. The van der Waals surface area contributed by atoms with Crippen LogP contribution in [0.25, 0.3) is 0 Å². The quantitative estimate of drug-likeness (QED) is 0.434. The van der Waals surface area contributed by atoms with E-state index < -0.39 is 10.0 Å². The summed E-state index contributed by atoms with van der Waals surface area (Å²) in [6.07, 6.45) is 0. The van der Waals surface area contributed by atoms with Crippen LogP contribution in [0.15, 0.2) is 64.9 Å². The van der Waals surface area contributed by atoms with E-state index in [2.05, 4.69) is 10.0 Å². The summed E-state index contributed by atoms with van der Waals surface area (Å²) in [5.74, 6) is -0.213. The predicted octanol–water partition coefficient (Wildman–Crippen LogP) is 3.92. The number of thiophene rings is 1. The molecule has 0 aliphatic carbocycles. The zero-order valence-corrected chi connectivity index (χ0v) is 20.9. The molecule has 1 heterocycles. The summed E-state index contributed by atoms with van der Waals surface area (Å²) >= 11 is 7.50. The summed E-state index contributed by atoms with van der Waals surface area (Å²) in [4.78, 5) is 15.9. The van der Waals surface area contributed by atoms with E-state index >= 15 is 0 Å². The topological polar surface area (TPSA) is 87.7 Å². The van der Waals surface area contributed by atoms with Crippen LogP contribution < -0.4 is 14.8 Å². The normalized spacial score (nSPS) is 12.5. The lowest BCUT2D eigenvalue weighted by Crippen LogP contribution is -2.34. The zero-order valence-electron chi connectivity index (χ0n) is 18.5. The van der Waals surface area contributed by atoms with E-state index in [0.717, 1.165) is 10.4 Å². The van der Waals surface area contributed by atoms with Crippen LogP contribution in [0.3, 0.4) is 0 Å². The number of ether oxygens (including phenoxy) is 1. The molecule has 0 unspecified atom stereocenters. The average Bonchev–Trinajstić information content (AvgIpc) is 3.32. The van der Waals surface area contributed by atoms with Crippen molar-refractivity contribution in [2.45, 2.75) is 17.5 Å². The lowest BCUT2D eigenvalue weighted by Gasteiger charge is -2.23. The third-order valence-corrected chi connectivity index (χ3v) is 7.69. The molecule has 1 atom stereocenters. The molecule has 0 aliphatic rings. The second kappa shape index (κ2) is 11.1. The maximum absolute atomic E-state index is 13.0. The van der Waals surface area contributed by atoms with Gasteiger partial charge in [0.1, 0.15) is 10.6 Å². The SMILES string of the molecule is COc1ccc(C(=O)NC[C@@H](c2cccs2)N(C)C)cc1S(=O)(=O)NCc1ccc(Cl)cc1. The molecule has 3 rings (SSSR count). The average molecular weight is 508 g/mol. The Morgan fingerprint density at radius 3 is 2.48 bits per heavy atom. The molecular formula is C23H26ClN3O4S2. The van der Waals surface area contributed by atoms with Gasteiger partial charge in [0.05, 0.1) is 13.2 Å². The molecule has 0 saturated carbocycles. The summed E-state index contributed by atoms with van der Waals surface area (Å²) in [6.45, 7) is 0.458. The van der Waals surface area contributed by atoms with Gasteiger partial charge in [0.25, 0.3) is 5.91 Å². The van der Waals surface area contributed by atoms with Crippen LogP contribution in [0.2, 0.25) is 5.02 Å². The Balaban J connectivity index is 1.76. The summed E-state index contributed by atoms with van der Waals surface area (Å²) < 4.78 is 33.8. The van der Waals surface area contributed by atoms with Crippen molar-refractivity contribution in [3.05, 3.63) is 81.0 Å². The molecule has 0 saturated heterocycles. The highest BCUT2D eigenvalue weighted by Crippen LogP contribution is 2.26. The second-order valence-electron chi connectivity index (χ2n) is 7.52. The van der Waals surface area contributed by atoms with Crippen LogP contribution in [0.4, 0.5) is 0 Å². The van der Waals surface area contributed by atoms with Gasteiger partial charge in [0.15, 0.2) is 0 Å². The van der Waals surface area contributed by atoms with Crippen LogP contribution >= 0.6 is 22.9 Å². The zero-order chi connectivity index (χ0) is 24.0. The van der Waals surface area contributed by atoms with Crippen molar-refractivity contribution in [3.8, 4) is 5.75 Å². The molecule has 176 valence electrons. The fourth-order valence-electron chi connectivity index (χ4n) is 3.20. The van der Waals surface area contributed by atoms with Gasteiger partial charge in [0.2, 0.25) is 10.0 Å². The van der Waals surface area contributed by atoms with Crippen LogP contribution in [0.1, 0.15) is 26.8 Å². The first-order valence-electron chi connectivity index (χ1n) is 10.1. The second-order valence-corrected chi connectivity index (χ2v) is 10.7. The minimum Gasteiger partial charge on any atom is -0.495 e. The summed E-state index contributed by atoms with van der Waals surface area (Å²) in [6, 6.07) is 15.2. The molecule has 0 radical (unpaired) electrons. The molecule has 1 amide bonds. The van der Waals surface area contributed by atoms with Crippen LogP contribution in [-0.2, 0) is 16.6 Å². The summed E-state index contributed by atoms with van der Waals surface area (Å²) in [7, 11) is 1.33. The molecule has 0 fully saturated rings. The van der Waals surface area contributed by atoms with Crippen LogP contribution in [0, 0.1) is 0 Å². The van der Waals surface area contributed by atoms with Crippen molar-refractivity contribution in [1.82, 2.24) is 14.9 Å². The summed E-state index contributed by atoms with van der Waals surface area (Å²) in [5.41, 5.74) is 0.977. The minimum absolute atomic E-state index is 0.0106. The van der Waals surface area contributed by atoms with E-state index in [1.807, 2.05) is 36.5 Å². The molecule has 0 bridgehead atoms. The van der Waals surface area contributed by atoms with Gasteiger partial charge in [-0.1, -0.05) is 29.8 Å². The Kier molecular flexibility index (Phi) is 8.50. The molecule has 10 heteroatoms. The highest BCUT2D eigenvalue weighted by molar-refractivity contribution is 7.89. The molecule has 0 aliphatic heterocycles. The van der Waals surface area contributed by atoms with Crippen molar-refractivity contribution in [2.75, 3.05) is 27.7 Å². The van der Waals surface area contributed by atoms with Gasteiger partial charge in [-0.15, -0.1) is 11.3 Å². The highest BCUT2D eigenvalue weighted by Gasteiger charge is 2.22. The van der Waals surface area contributed by atoms with Gasteiger partial charge in [-0.05, 0) is 61.4 Å². The van der Waals surface area contributed by atoms with Crippen LogP contribution in [0.5, 0.6) is 5.75 Å². The molecule has 3 aromatic rings. The number of sulfonamides is 1. The predicted molar refractivity (Wildman–Crippen MR) is 132 cm³/mol. The van der Waals surface area contributed by atoms with E-state index in [1.165, 1.54) is 19.2 Å². The molecule has 0 spiro atoms. The van der Waals surface area contributed by atoms with Gasteiger partial charge >= 0.3 is 0 Å². The third kappa shape index (κ3) is 6.55. The number of likely N-dealkylation sites (N-methyl/N-ethyl adjacent to an activating group) is 1. The smallest absolute Gasteiger partial charge is 0.251 e. The van der Waals surface area contributed by atoms with E-state index in [-0.39, 0.29) is 34.7 Å². The van der Waals surface area contributed by atoms with E-state index in [1.54, 1.807) is 41.7 Å². The first-order chi connectivity index (χ1) is 15.7. The minimum atomic E-state index is -3.94. The largest absolute Gasteiger partial charge is 0.495 e. The van der Waals surface area contributed by atoms with Crippen molar-refractivity contribution in [2.24, 2.45) is 0 Å². The Morgan fingerprint density at radius 1 is 1.15 bits per heavy atom. The van der Waals surface area contributed by atoms with E-state index in [0.29, 0.717) is 11.6 Å². The number of halogens is 1. The van der Waals surface area contributed by atoms with Crippen molar-refractivity contribution < 1.29 is 17.9 Å². The van der Waals surface area contributed by atoms with Gasteiger partial charge in [-0.3, -0.25) is 4.79 Å². The van der Waals surface area contributed by atoms with E-state index in [4.69, 9.17) is 16.3 Å². The third-order valence-electron chi connectivity index (χ3n) is 5.05. The number of carbonyl (C=O) groups excluding carboxylic acids is 1. The fraction of sp³-hybridized carbons (Fsp3) is 0.261. The number of methoxy groups -OCH3 is 1. The molecule has 33 heavy (non-hydrogen) atoms. The number of amides is 1. The number of rotatable bonds is 10. The number of nitrogens with zero attached hydrogens (tertiary/aromatic N) is 1. The molecular weight excluding hydrogens is 482 g/mol. The lowest BCUT2D eigenvalue weighted by molar-refractivity contribution is 0.0942. The number of benzene rings is 2. The maximum atomic E-state index is 13.0. The lowest BCUT2D eigenvalue weighted by atomic mass is 10.2. The number of hydrogen-bond donors (Lipinski definition) is 2. The number of hydrogen-bond acceptors (Lipinski definition) is 6. The maximum Gasteiger partial charge on any atom is 0.251 e. The van der Waals surface area contributed by atoms with Crippen molar-refractivity contribution >= 4 is 38.9 Å². The highest BCUT2D eigenvalue weighted by atomic mass is 35.5. The number of carbonyl (C=O) groups is 1. The van der Waals surface area contributed by atoms with Crippen molar-refractivity contribution in [3.63, 3.8) is 0 Å². The van der Waals surface area contributed by atoms with Gasteiger partial charge in [-0.25, -0.2) is 13.1 Å². The Hall–Kier alpha value is -2.43.